The van der Waals surface area contributed by atoms with Crippen molar-refractivity contribution in [2.45, 2.75) is 38.7 Å². The maximum atomic E-state index is 12.7. The molecule has 0 saturated carbocycles. The average molecular weight is 512 g/mol. The van der Waals surface area contributed by atoms with Crippen molar-refractivity contribution in [3.63, 3.8) is 0 Å². The zero-order valence-electron chi connectivity index (χ0n) is 19.1. The molecule has 2 aliphatic heterocycles. The molecule has 1 aromatic carbocycles. The van der Waals surface area contributed by atoms with Crippen molar-refractivity contribution in [3.05, 3.63) is 65.2 Å². The molecule has 8 nitrogen and oxygen atoms in total. The molecule has 4 rings (SSSR count). The van der Waals surface area contributed by atoms with Crippen LogP contribution in [-0.2, 0) is 6.54 Å². The van der Waals surface area contributed by atoms with Gasteiger partial charge < -0.3 is 29.3 Å². The second-order valence-corrected chi connectivity index (χ2v) is 8.76. The molecular weight excluding hydrogens is 487 g/mol. The molecule has 0 spiro atoms. The Morgan fingerprint density at radius 2 is 2.00 bits per heavy atom. The predicted molar refractivity (Wildman–Crippen MR) is 123 cm³/mol. The number of likely N-dealkylation sites (N-methyl/N-ethyl adjacent to an activating group) is 1. The number of benzene rings is 1. The maximum Gasteiger partial charge on any atom is 0.573 e. The molecule has 2 aliphatic rings. The van der Waals surface area contributed by atoms with Crippen LogP contribution in [0.1, 0.15) is 19.0 Å². The first-order valence-corrected chi connectivity index (χ1v) is 11.3. The van der Waals surface area contributed by atoms with E-state index in [4.69, 9.17) is 21.3 Å². The molecule has 1 aromatic heterocycles. The number of aliphatic imine (C=N–C) groups is 1. The molecule has 35 heavy (non-hydrogen) atoms. The van der Waals surface area contributed by atoms with Gasteiger partial charge in [0.15, 0.2) is 5.84 Å². The van der Waals surface area contributed by atoms with Gasteiger partial charge in [-0.3, -0.25) is 4.98 Å². The number of hydrogen-bond donors (Lipinski definition) is 1. The summed E-state index contributed by atoms with van der Waals surface area (Å²) in [5.74, 6) is 0.465. The summed E-state index contributed by atoms with van der Waals surface area (Å²) >= 11 is 5.97. The summed E-state index contributed by atoms with van der Waals surface area (Å²) in [5.41, 5.74) is 1.48. The second kappa shape index (κ2) is 10.2. The van der Waals surface area contributed by atoms with E-state index in [-0.39, 0.29) is 11.5 Å². The van der Waals surface area contributed by atoms with E-state index in [0.717, 1.165) is 5.70 Å². The first kappa shape index (κ1) is 24.9. The SMILES string of the molecule is CC(O)CCN1C=C2C(=NC(Oc3cccc(OC(F)(F)F)c3)N2Cc2ccc(Cl)cn2)N(C)C1. The van der Waals surface area contributed by atoms with Crippen molar-refractivity contribution in [3.8, 4) is 11.5 Å². The Morgan fingerprint density at radius 1 is 1.23 bits per heavy atom. The highest BCUT2D eigenvalue weighted by molar-refractivity contribution is 6.30. The fraction of sp³-hybridized carbons (Fsp3) is 0.391. The Morgan fingerprint density at radius 3 is 2.69 bits per heavy atom. The van der Waals surface area contributed by atoms with Crippen molar-refractivity contribution in [2.24, 2.45) is 4.99 Å². The smallest absolute Gasteiger partial charge is 0.450 e. The standard InChI is InChI=1S/C23H25ClF3N5O3/c1-15(33)8-9-31-13-20-21(30(2)14-31)29-22(32(20)12-17-7-6-16(24)11-28-17)34-18-4-3-5-19(10-18)35-23(25,26)27/h3-7,10-11,13,15,22,33H,8-9,12,14H2,1-2H3. The van der Waals surface area contributed by atoms with E-state index in [9.17, 15) is 18.3 Å². The summed E-state index contributed by atoms with van der Waals surface area (Å²) in [4.78, 5) is 14.9. The molecule has 2 unspecified atom stereocenters. The van der Waals surface area contributed by atoms with Gasteiger partial charge in [-0.1, -0.05) is 17.7 Å². The average Bonchev–Trinajstić information content (AvgIpc) is 3.10. The van der Waals surface area contributed by atoms with Gasteiger partial charge in [0.2, 0.25) is 0 Å². The molecular formula is C23H25ClF3N5O3. The summed E-state index contributed by atoms with van der Waals surface area (Å²) in [5, 5.41) is 10.2. The third kappa shape index (κ3) is 6.49. The fourth-order valence-electron chi connectivity index (χ4n) is 3.75. The van der Waals surface area contributed by atoms with E-state index < -0.39 is 18.8 Å². The normalized spacial score (nSPS) is 18.7. The number of rotatable bonds is 8. The summed E-state index contributed by atoms with van der Waals surface area (Å²) in [6.45, 7) is 3.25. The molecule has 1 N–H and O–H groups in total. The van der Waals surface area contributed by atoms with Gasteiger partial charge in [-0.25, -0.2) is 4.99 Å². The maximum absolute atomic E-state index is 12.7. The van der Waals surface area contributed by atoms with Crippen molar-refractivity contribution in [2.75, 3.05) is 20.3 Å². The molecule has 2 atom stereocenters. The van der Waals surface area contributed by atoms with Crippen molar-refractivity contribution in [1.29, 1.82) is 0 Å². The van der Waals surface area contributed by atoms with Crippen LogP contribution < -0.4 is 9.47 Å². The van der Waals surface area contributed by atoms with E-state index >= 15 is 0 Å². The van der Waals surface area contributed by atoms with Gasteiger partial charge in [0, 0.05) is 32.1 Å². The molecule has 2 aromatic rings. The summed E-state index contributed by atoms with van der Waals surface area (Å²) < 4.78 is 48.0. The largest absolute Gasteiger partial charge is 0.573 e. The van der Waals surface area contributed by atoms with Crippen LogP contribution in [0.25, 0.3) is 0 Å². The highest BCUT2D eigenvalue weighted by Gasteiger charge is 2.38. The van der Waals surface area contributed by atoms with Crippen molar-refractivity contribution >= 4 is 17.4 Å². The zero-order valence-corrected chi connectivity index (χ0v) is 19.9. The van der Waals surface area contributed by atoms with Gasteiger partial charge in [-0.05, 0) is 37.6 Å². The number of fused-ring (bicyclic) bond motifs is 1. The Balaban J connectivity index is 1.62. The van der Waals surface area contributed by atoms with Crippen LogP contribution in [0.4, 0.5) is 13.2 Å². The van der Waals surface area contributed by atoms with Gasteiger partial charge in [0.25, 0.3) is 6.35 Å². The lowest BCUT2D eigenvalue weighted by molar-refractivity contribution is -0.274. The molecule has 0 bridgehead atoms. The van der Waals surface area contributed by atoms with Crippen LogP contribution in [0.3, 0.4) is 0 Å². The van der Waals surface area contributed by atoms with Crippen LogP contribution in [0.5, 0.6) is 11.5 Å². The number of amidine groups is 1. The first-order chi connectivity index (χ1) is 16.6. The van der Waals surface area contributed by atoms with E-state index in [1.165, 1.54) is 24.3 Å². The minimum Gasteiger partial charge on any atom is -0.450 e. The molecule has 0 fully saturated rings. The predicted octanol–water partition coefficient (Wildman–Crippen LogP) is 4.03. The van der Waals surface area contributed by atoms with Gasteiger partial charge >= 0.3 is 6.36 Å². The molecule has 12 heteroatoms. The van der Waals surface area contributed by atoms with Crippen molar-refractivity contribution in [1.82, 2.24) is 19.7 Å². The highest BCUT2D eigenvalue weighted by Crippen LogP contribution is 2.32. The second-order valence-electron chi connectivity index (χ2n) is 8.32. The lowest BCUT2D eigenvalue weighted by Gasteiger charge is -2.36. The Bertz CT molecular complexity index is 1090. The minimum absolute atomic E-state index is 0.169. The number of halogens is 4. The topological polar surface area (TPSA) is 73.7 Å². The van der Waals surface area contributed by atoms with E-state index in [2.05, 4.69) is 14.6 Å². The molecule has 188 valence electrons. The molecule has 0 amide bonds. The Labute approximate surface area is 205 Å². The number of alkyl halides is 3. The molecule has 3 heterocycles. The number of aliphatic hydroxyl groups is 1. The Kier molecular flexibility index (Phi) is 7.27. The van der Waals surface area contributed by atoms with Crippen LogP contribution in [0, 0.1) is 0 Å². The summed E-state index contributed by atoms with van der Waals surface area (Å²) in [6.07, 6.45) is -2.02. The van der Waals surface area contributed by atoms with Crippen LogP contribution in [-0.4, -0.2) is 69.7 Å². The van der Waals surface area contributed by atoms with E-state index in [0.29, 0.717) is 42.7 Å². The van der Waals surface area contributed by atoms with Crippen LogP contribution in [0.2, 0.25) is 5.02 Å². The zero-order chi connectivity index (χ0) is 25.2. The van der Waals surface area contributed by atoms with Gasteiger partial charge in [-0.2, -0.15) is 0 Å². The molecule has 0 saturated heterocycles. The third-order valence-corrected chi connectivity index (χ3v) is 5.56. The Hall–Kier alpha value is -3.18. The number of hydrogen-bond acceptors (Lipinski definition) is 8. The van der Waals surface area contributed by atoms with Gasteiger partial charge in [0.1, 0.15) is 17.2 Å². The minimum atomic E-state index is -4.81. The molecule has 0 radical (unpaired) electrons. The third-order valence-electron chi connectivity index (χ3n) is 5.33. The fourth-order valence-corrected chi connectivity index (χ4v) is 3.86. The number of ether oxygens (including phenoxy) is 2. The highest BCUT2D eigenvalue weighted by atomic mass is 35.5. The monoisotopic (exact) mass is 511 g/mol. The summed E-state index contributed by atoms with van der Waals surface area (Å²) in [6, 6.07) is 8.84. The van der Waals surface area contributed by atoms with Crippen molar-refractivity contribution < 1.29 is 27.8 Å². The van der Waals surface area contributed by atoms with Crippen LogP contribution in [0.15, 0.2) is 59.5 Å². The number of pyridine rings is 1. The van der Waals surface area contributed by atoms with E-state index in [1.54, 1.807) is 25.3 Å². The van der Waals surface area contributed by atoms with E-state index in [1.807, 2.05) is 23.0 Å². The first-order valence-electron chi connectivity index (χ1n) is 10.9. The lowest BCUT2D eigenvalue weighted by atomic mass is 10.2. The molecule has 0 aliphatic carbocycles. The number of nitrogens with zero attached hydrogens (tertiary/aromatic N) is 5. The quantitative estimate of drug-likeness (QED) is 0.573. The van der Waals surface area contributed by atoms with Crippen LogP contribution >= 0.6 is 11.6 Å². The van der Waals surface area contributed by atoms with Gasteiger partial charge in [0.05, 0.1) is 30.0 Å². The lowest BCUT2D eigenvalue weighted by Crippen LogP contribution is -2.44. The number of aliphatic hydroxyl groups excluding tert-OH is 1. The van der Waals surface area contributed by atoms with Gasteiger partial charge in [-0.15, -0.1) is 13.2 Å². The summed E-state index contributed by atoms with van der Waals surface area (Å²) in [7, 11) is 1.89. The number of aromatic nitrogens is 1.